The molecule has 4 heterocycles. The van der Waals surface area contributed by atoms with E-state index in [0.29, 0.717) is 0 Å². The van der Waals surface area contributed by atoms with Crippen LogP contribution in [0, 0.1) is 13.8 Å². The lowest BCUT2D eigenvalue weighted by Crippen LogP contribution is -2.11. The van der Waals surface area contributed by atoms with Crippen LogP contribution in [0.3, 0.4) is 0 Å². The van der Waals surface area contributed by atoms with E-state index < -0.39 is 0 Å². The number of hydrogen-bond acceptors (Lipinski definition) is 6. The number of aryl methyl sites for hydroxylation is 2. The van der Waals surface area contributed by atoms with Crippen molar-refractivity contribution >= 4 is 143 Å². The number of anilines is 6. The molecule has 85 heavy (non-hydrogen) atoms. The molecule has 0 amide bonds. The monoisotopic (exact) mass is 1090 g/mol. The van der Waals surface area contributed by atoms with Crippen LogP contribution in [-0.4, -0.2) is 0 Å². The van der Waals surface area contributed by atoms with Gasteiger partial charge in [0.05, 0.1) is 11.4 Å². The van der Waals surface area contributed by atoms with Crippen molar-refractivity contribution in [2.24, 2.45) is 0 Å². The van der Waals surface area contributed by atoms with Crippen molar-refractivity contribution in [3.05, 3.63) is 265 Å². The molecule has 0 aliphatic heterocycles. The van der Waals surface area contributed by atoms with Gasteiger partial charge >= 0.3 is 0 Å². The van der Waals surface area contributed by atoms with E-state index in [1.54, 1.807) is 0 Å². The predicted octanol–water partition coefficient (Wildman–Crippen LogP) is 23.6. The zero-order valence-corrected chi connectivity index (χ0v) is 47.3. The second-order valence-corrected chi connectivity index (χ2v) is 23.0. The molecule has 0 N–H and O–H groups in total. The van der Waals surface area contributed by atoms with Crippen molar-refractivity contribution in [1.82, 2.24) is 0 Å². The fraction of sp³-hybridized carbons (Fsp3) is 0.0633. The number of furan rings is 4. The molecule has 0 spiro atoms. The zero-order chi connectivity index (χ0) is 56.6. The summed E-state index contributed by atoms with van der Waals surface area (Å²) < 4.78 is 28.2. The minimum Gasteiger partial charge on any atom is -0.456 e. The summed E-state index contributed by atoms with van der Waals surface area (Å²) in [5, 5.41) is 13.0. The lowest BCUT2D eigenvalue weighted by Gasteiger charge is -2.27. The Morgan fingerprint density at radius 3 is 1.25 bits per heavy atom. The van der Waals surface area contributed by atoms with Crippen LogP contribution in [0.15, 0.2) is 266 Å². The predicted molar refractivity (Wildman–Crippen MR) is 354 cm³/mol. The van der Waals surface area contributed by atoms with Crippen LogP contribution in [0.2, 0.25) is 0 Å². The smallest absolute Gasteiger partial charge is 0.159 e. The van der Waals surface area contributed by atoms with E-state index in [1.165, 1.54) is 0 Å². The van der Waals surface area contributed by atoms with Gasteiger partial charge in [0.1, 0.15) is 33.5 Å². The summed E-state index contributed by atoms with van der Waals surface area (Å²) in [5.41, 5.74) is 20.8. The van der Waals surface area contributed by atoms with Crippen LogP contribution in [0.1, 0.15) is 36.5 Å². The minimum absolute atomic E-state index is 0.131. The Morgan fingerprint density at radius 1 is 0.294 bits per heavy atom. The van der Waals surface area contributed by atoms with Gasteiger partial charge in [-0.2, -0.15) is 0 Å². The highest BCUT2D eigenvalue weighted by Gasteiger charge is 2.27. The number of para-hydroxylation sites is 6. The number of nitrogens with zero attached hydrogens (tertiary/aromatic N) is 2. The molecule has 0 aliphatic carbocycles. The van der Waals surface area contributed by atoms with Gasteiger partial charge in [-0.1, -0.05) is 184 Å². The van der Waals surface area contributed by atoms with E-state index in [2.05, 4.69) is 286 Å². The summed E-state index contributed by atoms with van der Waals surface area (Å²) in [4.78, 5) is 4.69. The third-order valence-electron chi connectivity index (χ3n) is 17.6. The number of benzene rings is 13. The Bertz CT molecular complexity index is 5340. The van der Waals surface area contributed by atoms with Crippen LogP contribution in [0.4, 0.5) is 34.1 Å². The number of hydrogen-bond donors (Lipinski definition) is 0. The Hall–Kier alpha value is -10.8. The van der Waals surface area contributed by atoms with Crippen molar-refractivity contribution in [2.75, 3.05) is 9.80 Å². The molecule has 6 nitrogen and oxygen atoms in total. The van der Waals surface area contributed by atoms with Crippen molar-refractivity contribution in [3.8, 4) is 22.3 Å². The first kappa shape index (κ1) is 48.8. The maximum atomic E-state index is 7.13. The fourth-order valence-electron chi connectivity index (χ4n) is 13.6. The first-order valence-corrected chi connectivity index (χ1v) is 29.2. The maximum absolute atomic E-state index is 7.13. The maximum Gasteiger partial charge on any atom is 0.159 e. The molecule has 0 saturated carbocycles. The van der Waals surface area contributed by atoms with Crippen LogP contribution < -0.4 is 9.80 Å². The average molecular weight is 1100 g/mol. The zero-order valence-electron chi connectivity index (χ0n) is 47.3. The lowest BCUT2D eigenvalue weighted by atomic mass is 9.93. The molecule has 404 valence electrons. The van der Waals surface area contributed by atoms with Crippen molar-refractivity contribution in [1.29, 1.82) is 0 Å². The second-order valence-electron chi connectivity index (χ2n) is 23.0. The first-order valence-electron chi connectivity index (χ1n) is 29.2. The molecule has 13 aromatic carbocycles. The van der Waals surface area contributed by atoms with E-state index in [1.807, 2.05) is 0 Å². The van der Waals surface area contributed by atoms with Gasteiger partial charge in [-0.3, -0.25) is 0 Å². The van der Waals surface area contributed by atoms with E-state index in [4.69, 9.17) is 17.7 Å². The quantitative estimate of drug-likeness (QED) is 0.144. The van der Waals surface area contributed by atoms with E-state index in [-0.39, 0.29) is 5.92 Å². The molecule has 4 aromatic heterocycles. The van der Waals surface area contributed by atoms with Gasteiger partial charge in [0, 0.05) is 82.5 Å². The second kappa shape index (κ2) is 18.9. The van der Waals surface area contributed by atoms with Gasteiger partial charge in [0.2, 0.25) is 0 Å². The Labute approximate surface area is 489 Å². The molecule has 0 radical (unpaired) electrons. The van der Waals surface area contributed by atoms with Gasteiger partial charge in [-0.05, 0) is 142 Å². The lowest BCUT2D eigenvalue weighted by molar-refractivity contribution is 0.655. The van der Waals surface area contributed by atoms with Crippen molar-refractivity contribution in [3.63, 3.8) is 0 Å². The summed E-state index contributed by atoms with van der Waals surface area (Å²) in [6.07, 6.45) is 0. The van der Waals surface area contributed by atoms with E-state index in [9.17, 15) is 0 Å². The highest BCUT2D eigenvalue weighted by molar-refractivity contribution is 6.21. The largest absolute Gasteiger partial charge is 0.456 e. The molecule has 17 rings (SSSR count). The molecule has 6 heteroatoms. The third kappa shape index (κ3) is 7.58. The van der Waals surface area contributed by atoms with E-state index in [0.717, 1.165) is 182 Å². The summed E-state index contributed by atoms with van der Waals surface area (Å²) >= 11 is 0. The third-order valence-corrected chi connectivity index (χ3v) is 17.6. The summed E-state index contributed by atoms with van der Waals surface area (Å²) in [5.74, 6) is 0.131. The van der Waals surface area contributed by atoms with Crippen LogP contribution in [0.25, 0.3) is 132 Å². The minimum atomic E-state index is 0.131. The van der Waals surface area contributed by atoms with Crippen molar-refractivity contribution in [2.45, 2.75) is 33.6 Å². The Balaban J connectivity index is 0.790. The first-order chi connectivity index (χ1) is 41.8. The molecule has 0 aliphatic rings. The SMILES string of the molecule is Cc1ccccc1N(c1ccc2cc3c(cc2c1)oc1c(C(C)C)c2c(cc13)oc1cc3cc(N(c4ccccc4C)c4cccc5c4oc4c(-c6ccccc6)cccc45)ccc3cc12)c1cccc2c1oc1c(-c3ccccc3)cccc12. The van der Waals surface area contributed by atoms with E-state index >= 15 is 0 Å². The topological polar surface area (TPSA) is 59.0 Å². The van der Waals surface area contributed by atoms with Gasteiger partial charge in [-0.15, -0.1) is 0 Å². The van der Waals surface area contributed by atoms with Crippen LogP contribution in [-0.2, 0) is 0 Å². The summed E-state index contributed by atoms with van der Waals surface area (Å²) in [6, 6.07) is 88.7. The molecule has 0 unspecified atom stereocenters. The molecule has 0 bridgehead atoms. The molecule has 0 atom stereocenters. The standard InChI is InChI=1S/C79H54N2O4/c1-46(2)73-74-65-42-52-36-38-56(81(67-32-14-12-20-48(67)4)69-34-18-30-62-60-28-16-26-58(76(60)85-78(62)69)50-23-9-6-10-24-50)40-54(52)44-71(65)82-72(74)45-64-63-41-51-35-37-55(39-53(51)43-70(63)83-79(64)73)80(66-31-13-11-19-47(66)3)68-33-17-29-61-59-27-15-25-57(75(59)84-77(61)68)49-21-7-5-8-22-49/h5-46H,1-4H3. The summed E-state index contributed by atoms with van der Waals surface area (Å²) in [7, 11) is 0. The van der Waals surface area contributed by atoms with Crippen LogP contribution >= 0.6 is 0 Å². The van der Waals surface area contributed by atoms with Gasteiger partial charge in [0.25, 0.3) is 0 Å². The van der Waals surface area contributed by atoms with Gasteiger partial charge in [0.15, 0.2) is 11.2 Å². The van der Waals surface area contributed by atoms with Crippen LogP contribution in [0.5, 0.6) is 0 Å². The fourth-order valence-corrected chi connectivity index (χ4v) is 13.6. The molecular weight excluding hydrogens is 1040 g/mol. The molecule has 0 fully saturated rings. The molecule has 17 aromatic rings. The number of rotatable bonds is 9. The highest BCUT2D eigenvalue weighted by atomic mass is 16.3. The van der Waals surface area contributed by atoms with Crippen molar-refractivity contribution < 1.29 is 17.7 Å². The highest BCUT2D eigenvalue weighted by Crippen LogP contribution is 2.50. The van der Waals surface area contributed by atoms with Gasteiger partial charge in [-0.25, -0.2) is 0 Å². The number of fused-ring (bicyclic) bond motifs is 14. The normalized spacial score (nSPS) is 12.1. The Morgan fingerprint density at radius 2 is 0.741 bits per heavy atom. The average Bonchev–Trinajstić information content (AvgIpc) is 1.81. The van der Waals surface area contributed by atoms with Gasteiger partial charge < -0.3 is 27.5 Å². The molecular formula is C79H54N2O4. The molecule has 0 saturated heterocycles. The summed E-state index contributed by atoms with van der Waals surface area (Å²) in [6.45, 7) is 8.86. The Kier molecular flexibility index (Phi) is 10.8.